The molecule has 0 amide bonds. The van der Waals surface area contributed by atoms with Gasteiger partial charge in [0, 0.05) is 20.2 Å². The van der Waals surface area contributed by atoms with Crippen LogP contribution in [0.25, 0.3) is 22.2 Å². The monoisotopic (exact) mass is 543 g/mol. The van der Waals surface area contributed by atoms with Crippen molar-refractivity contribution in [2.45, 2.75) is 59.0 Å². The average Bonchev–Trinajstić information content (AvgIpc) is 2.98. The first kappa shape index (κ1) is 25.4. The first-order chi connectivity index (χ1) is 15.5. The molecule has 0 spiro atoms. The van der Waals surface area contributed by atoms with Crippen LogP contribution in [-0.4, -0.2) is 42.2 Å². The Hall–Kier alpha value is -2.24. The van der Waals surface area contributed by atoms with Gasteiger partial charge < -0.3 is 18.8 Å². The molecule has 3 rings (SSSR count). The molecule has 11 heteroatoms. The van der Waals surface area contributed by atoms with E-state index in [4.69, 9.17) is 9.47 Å². The molecule has 1 aromatic carbocycles. The number of nitrogens with one attached hydrogen (secondary N) is 1. The van der Waals surface area contributed by atoms with Crippen molar-refractivity contribution in [1.82, 2.24) is 14.8 Å². The summed E-state index contributed by atoms with van der Waals surface area (Å²) < 4.78 is 44.5. The zero-order valence-electron chi connectivity index (χ0n) is 19.2. The number of alkyl halides is 2. The summed E-state index contributed by atoms with van der Waals surface area (Å²) in [5, 5.41) is 6.81. The summed E-state index contributed by atoms with van der Waals surface area (Å²) in [5.41, 5.74) is 1.53. The van der Waals surface area contributed by atoms with Crippen molar-refractivity contribution in [2.24, 2.45) is 0 Å². The molecule has 1 N–H and O–H groups in total. The van der Waals surface area contributed by atoms with Crippen LogP contribution < -0.4 is 15.0 Å². The molecule has 0 unspecified atom stereocenters. The Kier molecular flexibility index (Phi) is 7.96. The SMILES string of the molecule is CC(C)Oc1cc(-c2c(Br)c3c(=O)[nH]ncc3n2COCC[Si](C)(C)C)ccc1OC(F)F. The number of aromatic amines is 1. The maximum atomic E-state index is 12.9. The fourth-order valence-corrected chi connectivity index (χ4v) is 4.89. The average molecular weight is 544 g/mol. The predicted molar refractivity (Wildman–Crippen MR) is 130 cm³/mol. The third-order valence-corrected chi connectivity index (χ3v) is 7.31. The van der Waals surface area contributed by atoms with Crippen molar-refractivity contribution >= 4 is 34.9 Å². The van der Waals surface area contributed by atoms with Crippen LogP contribution in [0, 0.1) is 0 Å². The van der Waals surface area contributed by atoms with Crippen LogP contribution in [0.4, 0.5) is 8.78 Å². The number of rotatable bonds is 10. The minimum atomic E-state index is -2.98. The van der Waals surface area contributed by atoms with Crippen LogP contribution in [0.1, 0.15) is 13.8 Å². The number of ether oxygens (including phenoxy) is 3. The lowest BCUT2D eigenvalue weighted by Gasteiger charge is -2.18. The summed E-state index contributed by atoms with van der Waals surface area (Å²) in [4.78, 5) is 12.5. The summed E-state index contributed by atoms with van der Waals surface area (Å²) in [6.45, 7) is 8.21. The third-order valence-electron chi connectivity index (χ3n) is 4.84. The van der Waals surface area contributed by atoms with E-state index in [9.17, 15) is 13.6 Å². The molecule has 180 valence electrons. The van der Waals surface area contributed by atoms with Crippen LogP contribution in [0.2, 0.25) is 25.7 Å². The van der Waals surface area contributed by atoms with E-state index in [1.165, 1.54) is 6.07 Å². The van der Waals surface area contributed by atoms with Crippen molar-refractivity contribution in [3.8, 4) is 22.8 Å². The standard InChI is InChI=1S/C22H28BrF2N3O4Si/c1-13(2)31-17-10-14(6-7-16(17)32-22(24)25)20-19(23)18-15(11-26-27-21(18)29)28(20)12-30-8-9-33(3,4)5/h6-7,10-11,13,22H,8-9,12H2,1-5H3,(H,27,29). The molecule has 2 heterocycles. The highest BCUT2D eigenvalue weighted by Crippen LogP contribution is 2.40. The molecule has 2 aromatic heterocycles. The molecule has 7 nitrogen and oxygen atoms in total. The van der Waals surface area contributed by atoms with Gasteiger partial charge >= 0.3 is 6.61 Å². The Morgan fingerprint density at radius 1 is 1.18 bits per heavy atom. The highest BCUT2D eigenvalue weighted by atomic mass is 79.9. The number of nitrogens with zero attached hydrogens (tertiary/aromatic N) is 2. The van der Waals surface area contributed by atoms with Gasteiger partial charge in [-0.25, -0.2) is 5.10 Å². The van der Waals surface area contributed by atoms with Gasteiger partial charge in [0.1, 0.15) is 6.73 Å². The van der Waals surface area contributed by atoms with Crippen LogP contribution in [-0.2, 0) is 11.5 Å². The Balaban J connectivity index is 2.10. The zero-order valence-corrected chi connectivity index (χ0v) is 21.8. The lowest BCUT2D eigenvalue weighted by atomic mass is 10.1. The van der Waals surface area contributed by atoms with Crippen molar-refractivity contribution in [3.05, 3.63) is 39.2 Å². The Morgan fingerprint density at radius 2 is 1.91 bits per heavy atom. The molecule has 0 radical (unpaired) electrons. The predicted octanol–water partition coefficient (Wildman–Crippen LogP) is 5.86. The Labute approximate surface area is 200 Å². The lowest BCUT2D eigenvalue weighted by Crippen LogP contribution is -2.22. The quantitative estimate of drug-likeness (QED) is 0.256. The Morgan fingerprint density at radius 3 is 2.55 bits per heavy atom. The van der Waals surface area contributed by atoms with E-state index in [2.05, 4.69) is 50.5 Å². The minimum Gasteiger partial charge on any atom is -0.487 e. The maximum absolute atomic E-state index is 12.9. The van der Waals surface area contributed by atoms with Gasteiger partial charge in [-0.1, -0.05) is 19.6 Å². The molecular weight excluding hydrogens is 516 g/mol. The number of fused-ring (bicyclic) bond motifs is 1. The van der Waals surface area contributed by atoms with Crippen LogP contribution in [0.5, 0.6) is 11.5 Å². The van der Waals surface area contributed by atoms with Crippen LogP contribution in [0.3, 0.4) is 0 Å². The fraction of sp³-hybridized carbons (Fsp3) is 0.455. The van der Waals surface area contributed by atoms with Crippen molar-refractivity contribution in [2.75, 3.05) is 6.61 Å². The van der Waals surface area contributed by atoms with E-state index in [0.717, 1.165) is 6.04 Å². The largest absolute Gasteiger partial charge is 0.487 e. The number of halogens is 3. The van der Waals surface area contributed by atoms with Crippen molar-refractivity contribution in [1.29, 1.82) is 0 Å². The molecule has 0 atom stereocenters. The molecule has 0 fully saturated rings. The molecule has 3 aromatic rings. The van der Waals surface area contributed by atoms with Crippen molar-refractivity contribution < 1.29 is 23.0 Å². The first-order valence-corrected chi connectivity index (χ1v) is 15.1. The second-order valence-corrected chi connectivity index (χ2v) is 15.5. The number of aromatic nitrogens is 3. The fourth-order valence-electron chi connectivity index (χ4n) is 3.31. The van der Waals surface area contributed by atoms with Gasteiger partial charge in [0.05, 0.1) is 33.4 Å². The minimum absolute atomic E-state index is 0.0628. The van der Waals surface area contributed by atoms with Gasteiger partial charge in [-0.2, -0.15) is 13.9 Å². The van der Waals surface area contributed by atoms with E-state index in [1.54, 1.807) is 32.2 Å². The first-order valence-electron chi connectivity index (χ1n) is 10.6. The summed E-state index contributed by atoms with van der Waals surface area (Å²) in [7, 11) is -1.28. The smallest absolute Gasteiger partial charge is 0.387 e. The van der Waals surface area contributed by atoms with E-state index in [-0.39, 0.29) is 29.9 Å². The topological polar surface area (TPSA) is 78.4 Å². The van der Waals surface area contributed by atoms with Gasteiger partial charge in [0.15, 0.2) is 11.5 Å². The van der Waals surface area contributed by atoms with E-state index in [1.807, 2.05) is 4.57 Å². The maximum Gasteiger partial charge on any atom is 0.387 e. The molecule has 0 saturated carbocycles. The second-order valence-electron chi connectivity index (χ2n) is 9.10. The number of hydrogen-bond acceptors (Lipinski definition) is 5. The van der Waals surface area contributed by atoms with Gasteiger partial charge in [-0.15, -0.1) is 0 Å². The number of H-pyrrole nitrogens is 1. The molecule has 0 bridgehead atoms. The number of benzene rings is 1. The van der Waals surface area contributed by atoms with Gasteiger partial charge in [-0.3, -0.25) is 4.79 Å². The summed E-state index contributed by atoms with van der Waals surface area (Å²) in [6, 6.07) is 5.69. The number of hydrogen-bond donors (Lipinski definition) is 1. The lowest BCUT2D eigenvalue weighted by molar-refractivity contribution is -0.0518. The van der Waals surface area contributed by atoms with Gasteiger partial charge in [0.2, 0.25) is 0 Å². The zero-order chi connectivity index (χ0) is 24.3. The Bertz CT molecular complexity index is 1170. The highest BCUT2D eigenvalue weighted by Gasteiger charge is 2.22. The van der Waals surface area contributed by atoms with Crippen molar-refractivity contribution in [3.63, 3.8) is 0 Å². The molecule has 33 heavy (non-hydrogen) atoms. The van der Waals surface area contributed by atoms with E-state index in [0.29, 0.717) is 33.2 Å². The molecule has 0 saturated heterocycles. The van der Waals surface area contributed by atoms with Gasteiger partial charge in [-0.05, 0) is 54.0 Å². The van der Waals surface area contributed by atoms with Crippen LogP contribution in [0.15, 0.2) is 33.7 Å². The molecular formula is C22H28BrF2N3O4Si. The van der Waals surface area contributed by atoms with E-state index >= 15 is 0 Å². The summed E-state index contributed by atoms with van der Waals surface area (Å²) >= 11 is 3.56. The van der Waals surface area contributed by atoms with Crippen LogP contribution >= 0.6 is 15.9 Å². The van der Waals surface area contributed by atoms with E-state index < -0.39 is 14.7 Å². The molecule has 0 aliphatic carbocycles. The third kappa shape index (κ3) is 6.21. The summed E-state index contributed by atoms with van der Waals surface area (Å²) in [6.07, 6.45) is 1.30. The second kappa shape index (κ2) is 10.4. The molecule has 0 aliphatic rings. The highest BCUT2D eigenvalue weighted by molar-refractivity contribution is 9.10. The molecule has 0 aliphatic heterocycles. The summed E-state index contributed by atoms with van der Waals surface area (Å²) in [5.74, 6) is 0.116. The normalized spacial score (nSPS) is 12.2. The van der Waals surface area contributed by atoms with Gasteiger partial charge in [0.25, 0.3) is 5.56 Å².